The van der Waals surface area contributed by atoms with Crippen LogP contribution in [0.3, 0.4) is 0 Å². The molecule has 0 fully saturated rings. The molecule has 0 aliphatic heterocycles. The van der Waals surface area contributed by atoms with Gasteiger partial charge in [-0.2, -0.15) is 5.10 Å². The summed E-state index contributed by atoms with van der Waals surface area (Å²) in [7, 11) is 1.79. The fourth-order valence-corrected chi connectivity index (χ4v) is 5.96. The Balaban J connectivity index is 1.57. The molecule has 3 aromatic carbocycles. The molecule has 0 aliphatic carbocycles. The van der Waals surface area contributed by atoms with Crippen LogP contribution in [-0.2, 0) is 31.6 Å². The Bertz CT molecular complexity index is 1760. The largest absolute Gasteiger partial charge is 0.444 e. The molecule has 0 aliphatic rings. The second-order valence-electron chi connectivity index (χ2n) is 15.2. The first-order valence-corrected chi connectivity index (χ1v) is 18.6. The summed E-state index contributed by atoms with van der Waals surface area (Å²) in [5.74, 6) is -0.337. The summed E-state index contributed by atoms with van der Waals surface area (Å²) in [6.07, 6.45) is 1.64. The number of benzene rings is 3. The number of hydrogen-bond acceptors (Lipinski definition) is 8. The van der Waals surface area contributed by atoms with E-state index in [1.807, 2.05) is 54.6 Å². The standard InChI is InChI=1S/C42H55N7O6/c1-40(2,3)54-38(52)43-27-18-17-25-33(46-35(50)26-28-44-39(53)55-41(4,5)6)37(51)47-34-29-45-49(7)36(34)48-42(30-19-11-8-12-20-30,31-21-13-9-14-22-31)32-23-15-10-16-24-32/h8-16,19-24,29,33,48H,17-18,25-28H2,1-7H3,(H,43,52)(H,44,53)(H,46,50)(H,47,51)/t33-/m0/s1. The molecule has 5 N–H and O–H groups in total. The maximum absolute atomic E-state index is 14.1. The van der Waals surface area contributed by atoms with Crippen molar-refractivity contribution in [1.29, 1.82) is 0 Å². The molecule has 0 unspecified atom stereocenters. The zero-order valence-electron chi connectivity index (χ0n) is 32.9. The number of unbranched alkanes of at least 4 members (excludes halogenated alkanes) is 1. The minimum atomic E-state index is -0.939. The molecule has 0 saturated heterocycles. The molecule has 0 saturated carbocycles. The van der Waals surface area contributed by atoms with Crippen LogP contribution in [0.25, 0.3) is 0 Å². The molecule has 0 spiro atoms. The summed E-state index contributed by atoms with van der Waals surface area (Å²) in [5.41, 5.74) is 1.11. The van der Waals surface area contributed by atoms with Crippen LogP contribution in [-0.4, -0.2) is 64.1 Å². The number of carbonyl (C=O) groups is 4. The summed E-state index contributed by atoms with van der Waals surface area (Å²) < 4.78 is 12.2. The molecule has 4 aromatic rings. The van der Waals surface area contributed by atoms with Gasteiger partial charge in [0, 0.05) is 26.6 Å². The number of aryl methyl sites for hydroxylation is 1. The molecule has 1 aromatic heterocycles. The van der Waals surface area contributed by atoms with Gasteiger partial charge in [0.25, 0.3) is 0 Å². The average Bonchev–Trinajstić information content (AvgIpc) is 3.46. The third kappa shape index (κ3) is 12.6. The molecule has 4 rings (SSSR count). The first-order chi connectivity index (χ1) is 26.1. The van der Waals surface area contributed by atoms with Gasteiger partial charge in [-0.25, -0.2) is 9.59 Å². The average molecular weight is 754 g/mol. The lowest BCUT2D eigenvalue weighted by molar-refractivity contribution is -0.126. The highest BCUT2D eigenvalue weighted by Crippen LogP contribution is 2.41. The quantitative estimate of drug-likeness (QED) is 0.0612. The normalized spacial score (nSPS) is 12.2. The number of nitrogens with one attached hydrogen (secondary N) is 5. The highest BCUT2D eigenvalue weighted by Gasteiger charge is 2.38. The number of carbonyl (C=O) groups excluding carboxylic acids is 4. The number of anilines is 2. The van der Waals surface area contributed by atoms with Crippen molar-refractivity contribution in [3.63, 3.8) is 0 Å². The van der Waals surface area contributed by atoms with Gasteiger partial charge in [0.1, 0.15) is 34.3 Å². The highest BCUT2D eigenvalue weighted by atomic mass is 16.6. The van der Waals surface area contributed by atoms with Crippen molar-refractivity contribution in [1.82, 2.24) is 25.7 Å². The third-order valence-corrected chi connectivity index (χ3v) is 8.38. The lowest BCUT2D eigenvalue weighted by Gasteiger charge is -2.38. The highest BCUT2D eigenvalue weighted by molar-refractivity contribution is 5.99. The van der Waals surface area contributed by atoms with Crippen molar-refractivity contribution in [2.24, 2.45) is 7.05 Å². The van der Waals surface area contributed by atoms with E-state index in [0.717, 1.165) is 16.7 Å². The third-order valence-electron chi connectivity index (χ3n) is 8.38. The first-order valence-electron chi connectivity index (χ1n) is 18.6. The van der Waals surface area contributed by atoms with E-state index < -0.39 is 46.8 Å². The van der Waals surface area contributed by atoms with Gasteiger partial charge in [0.05, 0.1) is 6.20 Å². The van der Waals surface area contributed by atoms with Gasteiger partial charge in [-0.05, 0) is 77.5 Å². The van der Waals surface area contributed by atoms with Crippen molar-refractivity contribution in [3.05, 3.63) is 114 Å². The van der Waals surface area contributed by atoms with Gasteiger partial charge in [0.15, 0.2) is 0 Å². The number of hydrogen-bond donors (Lipinski definition) is 5. The Labute approximate surface area is 323 Å². The summed E-state index contributed by atoms with van der Waals surface area (Å²) in [6.45, 7) is 11.0. The molecule has 0 bridgehead atoms. The summed E-state index contributed by atoms with van der Waals surface area (Å²) >= 11 is 0. The fraction of sp³-hybridized carbons (Fsp3) is 0.405. The molecule has 13 nitrogen and oxygen atoms in total. The Morgan fingerprint density at radius 1 is 0.691 bits per heavy atom. The van der Waals surface area contributed by atoms with Gasteiger partial charge in [-0.1, -0.05) is 91.0 Å². The van der Waals surface area contributed by atoms with Crippen molar-refractivity contribution in [2.45, 2.75) is 90.0 Å². The van der Waals surface area contributed by atoms with Gasteiger partial charge < -0.3 is 36.1 Å². The zero-order valence-corrected chi connectivity index (χ0v) is 32.9. The molecule has 55 heavy (non-hydrogen) atoms. The van der Waals surface area contributed by atoms with Crippen molar-refractivity contribution < 1.29 is 28.7 Å². The molecule has 294 valence electrons. The van der Waals surface area contributed by atoms with Crippen LogP contribution in [0.15, 0.2) is 97.2 Å². The van der Waals surface area contributed by atoms with Crippen molar-refractivity contribution in [2.75, 3.05) is 23.7 Å². The maximum atomic E-state index is 14.1. The molecule has 0 radical (unpaired) electrons. The Hall–Kier alpha value is -5.85. The number of aromatic nitrogens is 2. The van der Waals surface area contributed by atoms with Gasteiger partial charge in [0.2, 0.25) is 11.8 Å². The van der Waals surface area contributed by atoms with Gasteiger partial charge in [-0.15, -0.1) is 0 Å². The molecule has 1 heterocycles. The van der Waals surface area contributed by atoms with Crippen LogP contribution in [0.1, 0.15) is 83.9 Å². The van der Waals surface area contributed by atoms with Crippen molar-refractivity contribution in [3.8, 4) is 0 Å². The predicted octanol–water partition coefficient (Wildman–Crippen LogP) is 6.86. The number of amides is 4. The lowest BCUT2D eigenvalue weighted by atomic mass is 9.77. The molecular formula is C42H55N7O6. The smallest absolute Gasteiger partial charge is 0.407 e. The summed E-state index contributed by atoms with van der Waals surface area (Å²) in [5, 5.41) is 19.5. The summed E-state index contributed by atoms with van der Waals surface area (Å²) in [4.78, 5) is 51.5. The number of rotatable bonds is 16. The fourth-order valence-electron chi connectivity index (χ4n) is 5.96. The van der Waals surface area contributed by atoms with Crippen molar-refractivity contribution >= 4 is 35.5 Å². The minimum absolute atomic E-state index is 0.0199. The van der Waals surface area contributed by atoms with E-state index in [0.29, 0.717) is 30.9 Å². The van der Waals surface area contributed by atoms with E-state index in [9.17, 15) is 19.2 Å². The molecule has 13 heteroatoms. The van der Waals surface area contributed by atoms with Crippen LogP contribution >= 0.6 is 0 Å². The Kier molecular flexibility index (Phi) is 14.4. The molecule has 4 amide bonds. The summed E-state index contributed by atoms with van der Waals surface area (Å²) in [6, 6.07) is 29.2. The minimum Gasteiger partial charge on any atom is -0.444 e. The number of ether oxygens (including phenoxy) is 2. The van der Waals surface area contributed by atoms with Gasteiger partial charge >= 0.3 is 12.2 Å². The van der Waals surface area contributed by atoms with Gasteiger partial charge in [-0.3, -0.25) is 14.3 Å². The Morgan fingerprint density at radius 2 is 1.16 bits per heavy atom. The topological polar surface area (TPSA) is 165 Å². The van der Waals surface area contributed by atoms with Crippen LogP contribution in [0.4, 0.5) is 21.1 Å². The van der Waals surface area contributed by atoms with Crippen LogP contribution < -0.4 is 26.6 Å². The number of alkyl carbamates (subject to hydrolysis) is 2. The van der Waals surface area contributed by atoms with Crippen LogP contribution in [0, 0.1) is 0 Å². The molecule has 1 atom stereocenters. The zero-order chi connectivity index (χ0) is 40.1. The van der Waals surface area contributed by atoms with E-state index in [1.54, 1.807) is 59.5 Å². The second kappa shape index (κ2) is 19.0. The van der Waals surface area contributed by atoms with E-state index in [2.05, 4.69) is 68.1 Å². The van der Waals surface area contributed by atoms with E-state index in [1.165, 1.54) is 0 Å². The molecular weight excluding hydrogens is 699 g/mol. The van der Waals surface area contributed by atoms with Crippen LogP contribution in [0.5, 0.6) is 0 Å². The monoisotopic (exact) mass is 753 g/mol. The second-order valence-corrected chi connectivity index (χ2v) is 15.2. The Morgan fingerprint density at radius 3 is 1.64 bits per heavy atom. The SMILES string of the molecule is Cn1ncc(NC(=O)[C@H](CCCCNC(=O)OC(C)(C)C)NC(=O)CCNC(=O)OC(C)(C)C)c1NC(c1ccccc1)(c1ccccc1)c1ccccc1. The van der Waals surface area contributed by atoms with E-state index in [4.69, 9.17) is 9.47 Å². The predicted molar refractivity (Wildman–Crippen MR) is 214 cm³/mol. The van der Waals surface area contributed by atoms with E-state index >= 15 is 0 Å². The lowest BCUT2D eigenvalue weighted by Crippen LogP contribution is -2.45. The number of nitrogens with zero attached hydrogens (tertiary/aromatic N) is 2. The van der Waals surface area contributed by atoms with E-state index in [-0.39, 0.29) is 19.4 Å². The van der Waals surface area contributed by atoms with Crippen LogP contribution in [0.2, 0.25) is 0 Å². The first kappa shape index (κ1) is 41.9. The maximum Gasteiger partial charge on any atom is 0.407 e.